The fraction of sp³-hybridized carbons (Fsp3) is 0.385. The minimum atomic E-state index is -0.759. The Morgan fingerprint density at radius 1 is 1.31 bits per heavy atom. The van der Waals surface area contributed by atoms with Crippen LogP contribution in [0.15, 0.2) is 45.4 Å². The molecule has 0 saturated carbocycles. The average molecular weight is 234 g/mol. The Kier molecular flexibility index (Phi) is 3.44. The van der Waals surface area contributed by atoms with E-state index < -0.39 is 10.0 Å². The van der Waals surface area contributed by atoms with Gasteiger partial charge in [0.2, 0.25) is 0 Å². The molecule has 0 radical (unpaired) electrons. The van der Waals surface area contributed by atoms with E-state index in [2.05, 4.69) is 54.2 Å². The molecule has 2 nitrogen and oxygen atoms in total. The molecule has 0 spiro atoms. The summed E-state index contributed by atoms with van der Waals surface area (Å²) in [7, 11) is -0.759. The second-order valence-electron chi connectivity index (χ2n) is 3.99. The van der Waals surface area contributed by atoms with Crippen molar-refractivity contribution in [3.8, 4) is 0 Å². The zero-order chi connectivity index (χ0) is 11.4. The van der Waals surface area contributed by atoms with E-state index in [1.807, 2.05) is 0 Å². The Hall–Kier alpha value is -1.09. The quantitative estimate of drug-likeness (QED) is 0.328. The summed E-state index contributed by atoms with van der Waals surface area (Å²) in [6.07, 6.45) is 2.19. The van der Waals surface area contributed by atoms with Crippen molar-refractivity contribution in [2.75, 3.05) is 11.5 Å². The van der Waals surface area contributed by atoms with Gasteiger partial charge in [0.1, 0.15) is 0 Å². The van der Waals surface area contributed by atoms with Crippen LogP contribution < -0.4 is 0 Å². The maximum Gasteiger partial charge on any atom is 0.0829 e. The highest BCUT2D eigenvalue weighted by Crippen LogP contribution is 2.69. The second-order valence-corrected chi connectivity index (χ2v) is 7.52. The molecule has 0 amide bonds. The lowest BCUT2D eigenvalue weighted by Gasteiger charge is -2.22. The second kappa shape index (κ2) is 4.83. The number of benzene rings is 1. The molecule has 1 heterocycles. The average Bonchev–Trinajstić information content (AvgIpc) is 3.11. The summed E-state index contributed by atoms with van der Waals surface area (Å²) in [4.78, 5) is 1.46. The van der Waals surface area contributed by atoms with E-state index in [4.69, 9.17) is 0 Å². The summed E-state index contributed by atoms with van der Waals surface area (Å²) in [5.41, 5.74) is 0. The lowest BCUT2D eigenvalue weighted by molar-refractivity contribution is 0.995. The van der Waals surface area contributed by atoms with Gasteiger partial charge in [-0.3, -0.25) is 0 Å². The molecule has 2 rings (SSSR count). The van der Waals surface area contributed by atoms with Crippen molar-refractivity contribution in [2.24, 2.45) is 10.2 Å². The van der Waals surface area contributed by atoms with Crippen LogP contribution in [0, 0.1) is 0 Å². The molecule has 0 unspecified atom stereocenters. The molecular formula is C13H18N2S. The van der Waals surface area contributed by atoms with E-state index in [9.17, 15) is 0 Å². The summed E-state index contributed by atoms with van der Waals surface area (Å²) in [5.74, 6) is 2.57. The van der Waals surface area contributed by atoms with Gasteiger partial charge in [0.05, 0.1) is 5.04 Å². The van der Waals surface area contributed by atoms with Crippen molar-refractivity contribution in [1.29, 1.82) is 0 Å². The first-order valence-corrected chi connectivity index (χ1v) is 7.67. The van der Waals surface area contributed by atoms with Crippen LogP contribution >= 0.6 is 10.0 Å². The third-order valence-electron chi connectivity index (χ3n) is 2.90. The fourth-order valence-electron chi connectivity index (χ4n) is 1.99. The third kappa shape index (κ3) is 2.05. The predicted molar refractivity (Wildman–Crippen MR) is 73.9 cm³/mol. The number of rotatable bonds is 4. The first-order chi connectivity index (χ1) is 7.83. The smallest absolute Gasteiger partial charge is 0.0829 e. The van der Waals surface area contributed by atoms with Crippen molar-refractivity contribution < 1.29 is 0 Å². The van der Waals surface area contributed by atoms with Gasteiger partial charge in [-0.2, -0.15) is 20.2 Å². The van der Waals surface area contributed by atoms with Crippen LogP contribution in [0.4, 0.5) is 0 Å². The molecule has 16 heavy (non-hydrogen) atoms. The Morgan fingerprint density at radius 2 is 2.00 bits per heavy atom. The van der Waals surface area contributed by atoms with Gasteiger partial charge in [-0.05, 0) is 35.0 Å². The van der Waals surface area contributed by atoms with Gasteiger partial charge < -0.3 is 0 Å². The molecule has 86 valence electrons. The molecule has 0 atom stereocenters. The molecule has 0 bridgehead atoms. The fourth-order valence-corrected chi connectivity index (χ4v) is 5.36. The van der Waals surface area contributed by atoms with E-state index >= 15 is 0 Å². The normalized spacial score (nSPS) is 20.2. The Labute approximate surface area is 98.8 Å². The standard InChI is InChI=1S/C13H18N2S/c1-3-7-13(15-14-2)16(10-11-16)12-8-5-4-6-9-12/h4-6,8-9H,2-3,7,10-11H2,1H3/b15-13-. The van der Waals surface area contributed by atoms with E-state index in [0.29, 0.717) is 0 Å². The molecule has 1 aliphatic rings. The van der Waals surface area contributed by atoms with Gasteiger partial charge in [-0.25, -0.2) is 0 Å². The van der Waals surface area contributed by atoms with E-state index in [-0.39, 0.29) is 0 Å². The van der Waals surface area contributed by atoms with Crippen LogP contribution in [0.2, 0.25) is 0 Å². The molecule has 0 aromatic heterocycles. The SMILES string of the molecule is C=N/N=C(/CCC)S1(c2ccccc2)CC1. The van der Waals surface area contributed by atoms with E-state index in [1.54, 1.807) is 0 Å². The Balaban J connectivity index is 2.31. The molecule has 1 aromatic rings. The topological polar surface area (TPSA) is 24.7 Å². The van der Waals surface area contributed by atoms with Gasteiger partial charge >= 0.3 is 0 Å². The lowest BCUT2D eigenvalue weighted by atomic mass is 10.4. The van der Waals surface area contributed by atoms with Gasteiger partial charge in [0.15, 0.2) is 0 Å². The van der Waals surface area contributed by atoms with Crippen molar-refractivity contribution in [1.82, 2.24) is 0 Å². The predicted octanol–water partition coefficient (Wildman–Crippen LogP) is 3.68. The Morgan fingerprint density at radius 3 is 2.50 bits per heavy atom. The molecule has 1 aliphatic heterocycles. The van der Waals surface area contributed by atoms with Gasteiger partial charge in [-0.15, -0.1) is 0 Å². The summed E-state index contributed by atoms with van der Waals surface area (Å²) >= 11 is 0. The van der Waals surface area contributed by atoms with Gasteiger partial charge in [-0.1, -0.05) is 31.5 Å². The summed E-state index contributed by atoms with van der Waals surface area (Å²) in [5, 5.41) is 9.33. The molecular weight excluding hydrogens is 216 g/mol. The number of hydrogen-bond acceptors (Lipinski definition) is 2. The molecule has 0 aliphatic carbocycles. The first-order valence-electron chi connectivity index (χ1n) is 5.70. The summed E-state index contributed by atoms with van der Waals surface area (Å²) < 4.78 is 0. The molecule has 3 heteroatoms. The van der Waals surface area contributed by atoms with E-state index in [0.717, 1.165) is 12.8 Å². The minimum Gasteiger partial charge on any atom is -0.171 e. The van der Waals surface area contributed by atoms with Crippen LogP contribution in [0.3, 0.4) is 0 Å². The van der Waals surface area contributed by atoms with Crippen molar-refractivity contribution in [3.63, 3.8) is 0 Å². The zero-order valence-corrected chi connectivity index (χ0v) is 10.5. The maximum absolute atomic E-state index is 4.29. The Bertz CT molecular complexity index is 394. The van der Waals surface area contributed by atoms with E-state index in [1.165, 1.54) is 21.4 Å². The summed E-state index contributed by atoms with van der Waals surface area (Å²) in [6.45, 7) is 5.69. The van der Waals surface area contributed by atoms with Gasteiger partial charge in [0.25, 0.3) is 0 Å². The molecule has 1 fully saturated rings. The van der Waals surface area contributed by atoms with Crippen LogP contribution in [0.25, 0.3) is 0 Å². The van der Waals surface area contributed by atoms with Crippen LogP contribution in [0.1, 0.15) is 19.8 Å². The highest BCUT2D eigenvalue weighted by Gasteiger charge is 2.42. The van der Waals surface area contributed by atoms with Crippen molar-refractivity contribution in [3.05, 3.63) is 30.3 Å². The molecule has 1 aromatic carbocycles. The monoisotopic (exact) mass is 234 g/mol. The lowest BCUT2D eigenvalue weighted by Crippen LogP contribution is -2.01. The van der Waals surface area contributed by atoms with Crippen molar-refractivity contribution >= 4 is 21.8 Å². The largest absolute Gasteiger partial charge is 0.171 e. The highest BCUT2D eigenvalue weighted by molar-refractivity contribution is 8.50. The maximum atomic E-state index is 4.29. The molecule has 1 saturated heterocycles. The first kappa shape index (κ1) is 11.4. The van der Waals surface area contributed by atoms with Crippen LogP contribution in [-0.2, 0) is 0 Å². The minimum absolute atomic E-state index is 0.759. The summed E-state index contributed by atoms with van der Waals surface area (Å²) in [6, 6.07) is 10.8. The highest BCUT2D eigenvalue weighted by atomic mass is 32.3. The van der Waals surface area contributed by atoms with Crippen molar-refractivity contribution in [2.45, 2.75) is 24.7 Å². The molecule has 0 N–H and O–H groups in total. The number of hydrogen-bond donors (Lipinski definition) is 0. The zero-order valence-electron chi connectivity index (χ0n) is 9.72. The van der Waals surface area contributed by atoms with Crippen LogP contribution in [0.5, 0.6) is 0 Å². The third-order valence-corrected chi connectivity index (χ3v) is 6.49. The van der Waals surface area contributed by atoms with Crippen LogP contribution in [-0.4, -0.2) is 23.3 Å². The van der Waals surface area contributed by atoms with Gasteiger partial charge in [0, 0.05) is 6.72 Å². The number of nitrogens with zero attached hydrogens (tertiary/aromatic N) is 2.